The lowest BCUT2D eigenvalue weighted by Gasteiger charge is -2.39. The molecule has 2 rings (SSSR count). The Hall–Kier alpha value is 0.270. The molecule has 2 heterocycles. The normalized spacial score (nSPS) is 37.6. The Morgan fingerprint density at radius 2 is 2.38 bits per heavy atom. The van der Waals surface area contributed by atoms with E-state index in [1.165, 1.54) is 44.0 Å². The standard InChI is InChI=1S/C10H20N2S/c1-9-7-12(5-4-11-9)10-3-2-6-13-8-10/h9-11H,2-8H2,1H3/t9-,10+/m1/s1. The molecule has 2 fully saturated rings. The van der Waals surface area contributed by atoms with Crippen LogP contribution in [0.5, 0.6) is 0 Å². The maximum atomic E-state index is 3.50. The van der Waals surface area contributed by atoms with Crippen molar-refractivity contribution in [2.45, 2.75) is 31.8 Å². The summed E-state index contributed by atoms with van der Waals surface area (Å²) in [6.07, 6.45) is 2.85. The second kappa shape index (κ2) is 4.67. The fourth-order valence-electron chi connectivity index (χ4n) is 2.31. The number of piperazine rings is 1. The van der Waals surface area contributed by atoms with Crippen LogP contribution >= 0.6 is 11.8 Å². The predicted molar refractivity (Wildman–Crippen MR) is 59.4 cm³/mol. The van der Waals surface area contributed by atoms with Gasteiger partial charge in [-0.25, -0.2) is 0 Å². The third-order valence-electron chi connectivity index (χ3n) is 3.05. The molecule has 0 saturated carbocycles. The minimum absolute atomic E-state index is 0.695. The smallest absolute Gasteiger partial charge is 0.0187 e. The molecule has 2 aliphatic heterocycles. The van der Waals surface area contributed by atoms with E-state index in [4.69, 9.17) is 0 Å². The van der Waals surface area contributed by atoms with E-state index in [2.05, 4.69) is 28.9 Å². The molecule has 0 spiro atoms. The van der Waals surface area contributed by atoms with Crippen LogP contribution in [-0.2, 0) is 0 Å². The van der Waals surface area contributed by atoms with Crippen LogP contribution in [0.3, 0.4) is 0 Å². The van der Waals surface area contributed by atoms with Gasteiger partial charge >= 0.3 is 0 Å². The van der Waals surface area contributed by atoms with Crippen LogP contribution in [0.1, 0.15) is 19.8 Å². The molecule has 0 unspecified atom stereocenters. The van der Waals surface area contributed by atoms with Gasteiger partial charge < -0.3 is 5.32 Å². The average Bonchev–Trinajstić information content (AvgIpc) is 2.19. The number of rotatable bonds is 1. The SMILES string of the molecule is C[C@@H]1CN([C@H]2CCCSC2)CCN1. The third kappa shape index (κ3) is 2.61. The summed E-state index contributed by atoms with van der Waals surface area (Å²) in [4.78, 5) is 2.69. The maximum absolute atomic E-state index is 3.50. The molecule has 2 atom stereocenters. The monoisotopic (exact) mass is 200 g/mol. The molecule has 0 aromatic carbocycles. The van der Waals surface area contributed by atoms with Gasteiger partial charge in [0.2, 0.25) is 0 Å². The molecular formula is C10H20N2S. The highest BCUT2D eigenvalue weighted by molar-refractivity contribution is 7.99. The summed E-state index contributed by atoms with van der Waals surface area (Å²) in [5, 5.41) is 3.50. The Balaban J connectivity index is 1.83. The first-order valence-corrected chi connectivity index (χ1v) is 6.57. The van der Waals surface area contributed by atoms with Gasteiger partial charge in [-0.3, -0.25) is 4.90 Å². The Morgan fingerprint density at radius 1 is 1.46 bits per heavy atom. The highest BCUT2D eigenvalue weighted by atomic mass is 32.2. The van der Waals surface area contributed by atoms with Crippen molar-refractivity contribution in [2.24, 2.45) is 0 Å². The zero-order valence-electron chi connectivity index (χ0n) is 8.46. The lowest BCUT2D eigenvalue weighted by molar-refractivity contribution is 0.152. The largest absolute Gasteiger partial charge is 0.312 e. The van der Waals surface area contributed by atoms with Gasteiger partial charge in [0.15, 0.2) is 0 Å². The topological polar surface area (TPSA) is 15.3 Å². The molecule has 1 N–H and O–H groups in total. The molecule has 0 aromatic rings. The van der Waals surface area contributed by atoms with E-state index < -0.39 is 0 Å². The lowest BCUT2D eigenvalue weighted by atomic mass is 10.1. The average molecular weight is 200 g/mol. The van der Waals surface area contributed by atoms with E-state index in [-0.39, 0.29) is 0 Å². The minimum atomic E-state index is 0.695. The van der Waals surface area contributed by atoms with Crippen molar-refractivity contribution in [3.05, 3.63) is 0 Å². The first-order chi connectivity index (χ1) is 6.36. The van der Waals surface area contributed by atoms with Gasteiger partial charge in [-0.05, 0) is 25.5 Å². The fourth-order valence-corrected chi connectivity index (χ4v) is 3.49. The molecule has 2 saturated heterocycles. The van der Waals surface area contributed by atoms with E-state index >= 15 is 0 Å². The molecule has 2 aliphatic rings. The van der Waals surface area contributed by atoms with Gasteiger partial charge in [-0.15, -0.1) is 0 Å². The summed E-state index contributed by atoms with van der Waals surface area (Å²) in [6, 6.07) is 1.57. The number of nitrogens with zero attached hydrogens (tertiary/aromatic N) is 1. The highest BCUT2D eigenvalue weighted by Crippen LogP contribution is 2.22. The number of nitrogens with one attached hydrogen (secondary N) is 1. The zero-order chi connectivity index (χ0) is 9.10. The summed E-state index contributed by atoms with van der Waals surface area (Å²) in [5.74, 6) is 2.75. The first kappa shape index (κ1) is 9.81. The van der Waals surface area contributed by atoms with Gasteiger partial charge in [0.25, 0.3) is 0 Å². The molecule has 0 aliphatic carbocycles. The molecule has 0 aromatic heterocycles. The van der Waals surface area contributed by atoms with Crippen LogP contribution in [-0.4, -0.2) is 48.1 Å². The van der Waals surface area contributed by atoms with E-state index in [1.54, 1.807) is 0 Å². The number of hydrogen-bond donors (Lipinski definition) is 1. The third-order valence-corrected chi connectivity index (χ3v) is 4.25. The van der Waals surface area contributed by atoms with Crippen molar-refractivity contribution in [3.63, 3.8) is 0 Å². The molecular weight excluding hydrogens is 180 g/mol. The van der Waals surface area contributed by atoms with E-state index in [1.807, 2.05) is 0 Å². The lowest BCUT2D eigenvalue weighted by Crippen LogP contribution is -2.53. The number of thioether (sulfide) groups is 1. The summed E-state index contributed by atoms with van der Waals surface area (Å²) < 4.78 is 0. The van der Waals surface area contributed by atoms with Crippen LogP contribution in [0.2, 0.25) is 0 Å². The Labute approximate surface area is 85.4 Å². The second-order valence-corrected chi connectivity index (χ2v) is 5.37. The van der Waals surface area contributed by atoms with E-state index in [0.29, 0.717) is 6.04 Å². The first-order valence-electron chi connectivity index (χ1n) is 5.41. The molecule has 76 valence electrons. The van der Waals surface area contributed by atoms with Crippen molar-refractivity contribution in [3.8, 4) is 0 Å². The molecule has 3 heteroatoms. The van der Waals surface area contributed by atoms with E-state index in [9.17, 15) is 0 Å². The molecule has 13 heavy (non-hydrogen) atoms. The fraction of sp³-hybridized carbons (Fsp3) is 1.00. The van der Waals surface area contributed by atoms with Crippen LogP contribution in [0, 0.1) is 0 Å². The quantitative estimate of drug-likeness (QED) is 0.684. The summed E-state index contributed by atoms with van der Waals surface area (Å²) >= 11 is 2.14. The highest BCUT2D eigenvalue weighted by Gasteiger charge is 2.24. The van der Waals surface area contributed by atoms with Crippen LogP contribution in [0.15, 0.2) is 0 Å². The summed E-state index contributed by atoms with van der Waals surface area (Å²) in [5.41, 5.74) is 0. The van der Waals surface area contributed by atoms with Gasteiger partial charge in [0, 0.05) is 37.5 Å². The van der Waals surface area contributed by atoms with Crippen molar-refractivity contribution in [1.82, 2.24) is 10.2 Å². The maximum Gasteiger partial charge on any atom is 0.0187 e. The second-order valence-electron chi connectivity index (χ2n) is 4.22. The summed E-state index contributed by atoms with van der Waals surface area (Å²) in [7, 11) is 0. The van der Waals surface area contributed by atoms with Crippen molar-refractivity contribution in [2.75, 3.05) is 31.1 Å². The number of hydrogen-bond acceptors (Lipinski definition) is 3. The predicted octanol–water partition coefficient (Wildman–Crippen LogP) is 1.18. The van der Waals surface area contributed by atoms with Crippen molar-refractivity contribution in [1.29, 1.82) is 0 Å². The zero-order valence-corrected chi connectivity index (χ0v) is 9.28. The van der Waals surface area contributed by atoms with E-state index in [0.717, 1.165) is 6.04 Å². The van der Waals surface area contributed by atoms with Gasteiger partial charge in [-0.2, -0.15) is 11.8 Å². The van der Waals surface area contributed by atoms with Gasteiger partial charge in [-0.1, -0.05) is 0 Å². The van der Waals surface area contributed by atoms with Gasteiger partial charge in [0.1, 0.15) is 0 Å². The van der Waals surface area contributed by atoms with Crippen LogP contribution in [0.4, 0.5) is 0 Å². The van der Waals surface area contributed by atoms with Crippen molar-refractivity contribution >= 4 is 11.8 Å². The van der Waals surface area contributed by atoms with Crippen LogP contribution in [0.25, 0.3) is 0 Å². The Kier molecular flexibility index (Phi) is 3.52. The molecule has 0 radical (unpaired) electrons. The molecule has 0 bridgehead atoms. The summed E-state index contributed by atoms with van der Waals surface area (Å²) in [6.45, 7) is 5.99. The minimum Gasteiger partial charge on any atom is -0.312 e. The van der Waals surface area contributed by atoms with Crippen molar-refractivity contribution < 1.29 is 0 Å². The Morgan fingerprint density at radius 3 is 3.08 bits per heavy atom. The van der Waals surface area contributed by atoms with Crippen LogP contribution < -0.4 is 5.32 Å². The molecule has 2 nitrogen and oxygen atoms in total. The Bertz CT molecular complexity index is 157. The van der Waals surface area contributed by atoms with Gasteiger partial charge in [0.05, 0.1) is 0 Å². The molecule has 0 amide bonds.